The molecule has 3 aliphatic carbocycles. The van der Waals surface area contributed by atoms with Crippen molar-refractivity contribution < 1.29 is 43.4 Å². The van der Waals surface area contributed by atoms with Crippen molar-refractivity contribution >= 4 is 40.6 Å². The number of anilines is 1. The number of Topliss-reactive ketones (excluding diaryl/α,β-unsaturated/α-hetero) is 4. The molecule has 2 amide bonds. The van der Waals surface area contributed by atoms with Gasteiger partial charge in [-0.25, -0.2) is 4.39 Å². The molecule has 0 bridgehead atoms. The lowest BCUT2D eigenvalue weighted by atomic mass is 9.52. The standard InChI is InChI=1S/C29H35FN4O8/c1-10(2)6-15-28(41)32-20-13(9-34(15)5)19(30)12-7-11-8-14-21(33(3)4)24(37)18(27(31)40)26(39)29(14,42)25(38)16(11)22(35)17(12)23(20)36/h10-11,14-16,18,21,36,42H,6-9H2,1-5H3,(H2,31,40)(H,32,41)/t11-,14-,15+,16?,18?,21-,29-/m0/s1. The largest absolute Gasteiger partial charge is 0.505 e. The molecule has 0 radical (unpaired) electrons. The van der Waals surface area contributed by atoms with Gasteiger partial charge < -0.3 is 21.3 Å². The van der Waals surface area contributed by atoms with Gasteiger partial charge in [0.25, 0.3) is 0 Å². The molecular weight excluding hydrogens is 551 g/mol. The molecule has 1 heterocycles. The summed E-state index contributed by atoms with van der Waals surface area (Å²) in [6, 6.07) is -1.88. The molecule has 0 aromatic heterocycles. The zero-order valence-electron chi connectivity index (χ0n) is 24.1. The molecule has 42 heavy (non-hydrogen) atoms. The van der Waals surface area contributed by atoms with E-state index >= 15 is 4.39 Å². The molecule has 1 aromatic rings. The molecule has 1 aliphatic heterocycles. The van der Waals surface area contributed by atoms with Gasteiger partial charge in [-0.05, 0) is 52.2 Å². The molecule has 226 valence electrons. The number of nitrogens with zero attached hydrogens (tertiary/aromatic N) is 2. The van der Waals surface area contributed by atoms with E-state index < -0.39 is 93.4 Å². The summed E-state index contributed by atoms with van der Waals surface area (Å²) in [6.45, 7) is 3.83. The highest BCUT2D eigenvalue weighted by Gasteiger charge is 2.69. The fraction of sp³-hybridized carbons (Fsp3) is 0.586. The normalized spacial score (nSPS) is 33.1. The van der Waals surface area contributed by atoms with Gasteiger partial charge in [0, 0.05) is 23.6 Å². The minimum Gasteiger partial charge on any atom is -0.505 e. The van der Waals surface area contributed by atoms with Crippen molar-refractivity contribution in [1.29, 1.82) is 0 Å². The van der Waals surface area contributed by atoms with Crippen LogP contribution in [0.2, 0.25) is 0 Å². The first kappa shape index (κ1) is 29.9. The number of carbonyl (C=O) groups excluding carboxylic acids is 6. The van der Waals surface area contributed by atoms with Gasteiger partial charge in [0.1, 0.15) is 5.82 Å². The topological polar surface area (TPSA) is 187 Å². The predicted molar refractivity (Wildman–Crippen MR) is 145 cm³/mol. The van der Waals surface area contributed by atoms with Crippen LogP contribution >= 0.6 is 0 Å². The van der Waals surface area contributed by atoms with Gasteiger partial charge >= 0.3 is 0 Å². The monoisotopic (exact) mass is 586 g/mol. The van der Waals surface area contributed by atoms with Crippen molar-refractivity contribution in [2.24, 2.45) is 35.3 Å². The van der Waals surface area contributed by atoms with Crippen LogP contribution in [0.3, 0.4) is 0 Å². The summed E-state index contributed by atoms with van der Waals surface area (Å²) in [5.41, 5.74) is 1.56. The number of ketones is 4. The van der Waals surface area contributed by atoms with E-state index in [0.29, 0.717) is 6.42 Å². The third-order valence-electron chi connectivity index (χ3n) is 9.45. The average Bonchev–Trinajstić information content (AvgIpc) is 3.00. The van der Waals surface area contributed by atoms with Crippen LogP contribution < -0.4 is 11.1 Å². The Morgan fingerprint density at radius 1 is 1.17 bits per heavy atom. The maximum absolute atomic E-state index is 16.2. The fourth-order valence-corrected chi connectivity index (χ4v) is 7.53. The van der Waals surface area contributed by atoms with Crippen LogP contribution in [0.25, 0.3) is 0 Å². The number of rotatable bonds is 4. The molecule has 13 heteroatoms. The second kappa shape index (κ2) is 10.0. The number of nitrogens with two attached hydrogens (primary N) is 1. The highest BCUT2D eigenvalue weighted by molar-refractivity contribution is 6.32. The van der Waals surface area contributed by atoms with Crippen molar-refractivity contribution in [3.05, 3.63) is 22.5 Å². The summed E-state index contributed by atoms with van der Waals surface area (Å²) in [5.74, 6) is -13.6. The lowest BCUT2D eigenvalue weighted by molar-refractivity contribution is -0.181. The Kier molecular flexibility index (Phi) is 7.14. The van der Waals surface area contributed by atoms with E-state index in [0.717, 1.165) is 0 Å². The van der Waals surface area contributed by atoms with E-state index in [4.69, 9.17) is 5.73 Å². The molecular formula is C29H35FN4O8. The van der Waals surface area contributed by atoms with Gasteiger partial charge in [0.2, 0.25) is 11.8 Å². The number of phenolic OH excluding ortho intramolecular Hbond substituents is 1. The van der Waals surface area contributed by atoms with Gasteiger partial charge in [-0.2, -0.15) is 0 Å². The molecule has 2 unspecified atom stereocenters. The van der Waals surface area contributed by atoms with E-state index in [-0.39, 0.29) is 42.1 Å². The summed E-state index contributed by atoms with van der Waals surface area (Å²) in [5, 5.41) is 25.5. The number of phenols is 1. The number of amides is 2. The third kappa shape index (κ3) is 4.04. The zero-order valence-corrected chi connectivity index (χ0v) is 24.1. The van der Waals surface area contributed by atoms with Gasteiger partial charge in [-0.1, -0.05) is 13.8 Å². The number of fused-ring (bicyclic) bond motifs is 4. The first-order valence-corrected chi connectivity index (χ1v) is 14.0. The molecule has 0 spiro atoms. The molecule has 12 nitrogen and oxygen atoms in total. The lowest BCUT2D eigenvalue weighted by Crippen LogP contribution is -2.74. The van der Waals surface area contributed by atoms with Gasteiger partial charge in [-0.15, -0.1) is 0 Å². The Hall–Kier alpha value is -3.55. The van der Waals surface area contributed by atoms with Crippen molar-refractivity contribution in [3.63, 3.8) is 0 Å². The van der Waals surface area contributed by atoms with E-state index in [1.165, 1.54) is 19.0 Å². The number of likely N-dealkylation sites (N-methyl/N-ethyl adjacent to an activating group) is 2. The van der Waals surface area contributed by atoms with Crippen LogP contribution in [-0.4, -0.2) is 93.8 Å². The van der Waals surface area contributed by atoms with Gasteiger partial charge in [0.15, 0.2) is 40.4 Å². The summed E-state index contributed by atoms with van der Waals surface area (Å²) in [4.78, 5) is 82.7. The number of hydrogen-bond acceptors (Lipinski definition) is 10. The number of hydrogen-bond donors (Lipinski definition) is 4. The third-order valence-corrected chi connectivity index (χ3v) is 9.45. The summed E-state index contributed by atoms with van der Waals surface area (Å²) >= 11 is 0. The van der Waals surface area contributed by atoms with Gasteiger partial charge in [0.05, 0.1) is 29.3 Å². The number of aromatic hydroxyl groups is 1. The number of halogens is 1. The van der Waals surface area contributed by atoms with Crippen LogP contribution in [0.15, 0.2) is 0 Å². The van der Waals surface area contributed by atoms with Crippen LogP contribution in [0.1, 0.15) is 48.2 Å². The maximum Gasteiger partial charge on any atom is 0.241 e. The number of aliphatic hydroxyl groups is 1. The molecule has 4 aliphatic rings. The van der Waals surface area contributed by atoms with E-state index in [1.54, 1.807) is 11.9 Å². The first-order chi connectivity index (χ1) is 19.5. The van der Waals surface area contributed by atoms with Crippen molar-refractivity contribution in [2.45, 2.75) is 57.3 Å². The van der Waals surface area contributed by atoms with Crippen LogP contribution in [-0.2, 0) is 36.9 Å². The molecule has 7 atom stereocenters. The predicted octanol–water partition coefficient (Wildman–Crippen LogP) is -0.195. The van der Waals surface area contributed by atoms with Gasteiger partial charge in [-0.3, -0.25) is 38.6 Å². The smallest absolute Gasteiger partial charge is 0.241 e. The Morgan fingerprint density at radius 3 is 2.38 bits per heavy atom. The second-order valence-electron chi connectivity index (χ2n) is 12.7. The minimum absolute atomic E-state index is 0.00302. The maximum atomic E-state index is 16.2. The molecule has 0 saturated heterocycles. The fourth-order valence-electron chi connectivity index (χ4n) is 7.53. The molecule has 1 aromatic carbocycles. The second-order valence-corrected chi connectivity index (χ2v) is 12.7. The Labute approximate surface area is 241 Å². The van der Waals surface area contributed by atoms with E-state index in [1.807, 2.05) is 13.8 Å². The average molecular weight is 587 g/mol. The number of benzene rings is 1. The summed E-state index contributed by atoms with van der Waals surface area (Å²) in [6.07, 6.45) is 0.0714. The van der Waals surface area contributed by atoms with E-state index in [9.17, 15) is 39.0 Å². The van der Waals surface area contributed by atoms with Crippen molar-refractivity contribution in [1.82, 2.24) is 9.80 Å². The molecule has 5 rings (SSSR count). The molecule has 2 fully saturated rings. The zero-order chi connectivity index (χ0) is 31.2. The Balaban J connectivity index is 1.63. The molecule has 5 N–H and O–H groups in total. The van der Waals surface area contributed by atoms with Crippen molar-refractivity contribution in [3.8, 4) is 5.75 Å². The molecule has 2 saturated carbocycles. The highest BCUT2D eigenvalue weighted by atomic mass is 19.1. The van der Waals surface area contributed by atoms with E-state index in [2.05, 4.69) is 5.32 Å². The SMILES string of the molecule is CC(C)C[C@@H]1C(=O)Nc2c(O)c3c(c(F)c2CN1C)C[C@H]1C[C@H]2[C@H](N(C)C)C(=O)C(C(N)=O)C(=O)[C@@]2(O)C(=O)C1C3=O. The lowest BCUT2D eigenvalue weighted by Gasteiger charge is -2.52. The quantitative estimate of drug-likeness (QED) is 0.272. The minimum atomic E-state index is -2.88. The van der Waals surface area contributed by atoms with Crippen LogP contribution in [0.5, 0.6) is 5.75 Å². The first-order valence-electron chi connectivity index (χ1n) is 14.0. The van der Waals surface area contributed by atoms with Crippen molar-refractivity contribution in [2.75, 3.05) is 26.5 Å². The number of carbonyl (C=O) groups is 6. The summed E-state index contributed by atoms with van der Waals surface area (Å²) < 4.78 is 16.2. The number of primary amides is 1. The summed E-state index contributed by atoms with van der Waals surface area (Å²) in [7, 11) is 4.63. The van der Waals surface area contributed by atoms with Crippen LogP contribution in [0.4, 0.5) is 10.1 Å². The highest BCUT2D eigenvalue weighted by Crippen LogP contribution is 2.52. The Bertz CT molecular complexity index is 1460. The van der Waals surface area contributed by atoms with Crippen LogP contribution in [0, 0.1) is 35.4 Å². The number of nitrogens with one attached hydrogen (secondary N) is 1. The Morgan fingerprint density at radius 2 is 1.81 bits per heavy atom.